The summed E-state index contributed by atoms with van der Waals surface area (Å²) in [5, 5.41) is 2.62. The molecule has 5 atom stereocenters. The molecule has 8 nitrogen and oxygen atoms in total. The Hall–Kier alpha value is -2.13. The van der Waals surface area contributed by atoms with Gasteiger partial charge in [0, 0.05) is 26.5 Å². The molecule has 1 fully saturated rings. The van der Waals surface area contributed by atoms with Gasteiger partial charge in [0.2, 0.25) is 0 Å². The smallest absolute Gasteiger partial charge is 0.303 e. The summed E-state index contributed by atoms with van der Waals surface area (Å²) in [4.78, 5) is 34.5. The van der Waals surface area contributed by atoms with E-state index in [2.05, 4.69) is 21.2 Å². The fraction of sp³-hybridized carbons (Fsp3) is 0.500. The third kappa shape index (κ3) is 6.21. The van der Waals surface area contributed by atoms with Gasteiger partial charge >= 0.3 is 17.9 Å². The Morgan fingerprint density at radius 2 is 1.59 bits per heavy atom. The molecule has 27 heavy (non-hydrogen) atoms. The van der Waals surface area contributed by atoms with Crippen LogP contribution >= 0.6 is 15.9 Å². The third-order valence-corrected chi connectivity index (χ3v) is 4.58. The van der Waals surface area contributed by atoms with Crippen LogP contribution in [0.2, 0.25) is 0 Å². The predicted molar refractivity (Wildman–Crippen MR) is 99.2 cm³/mol. The van der Waals surface area contributed by atoms with Gasteiger partial charge in [0.25, 0.3) is 0 Å². The maximum Gasteiger partial charge on any atom is 0.303 e. The molecule has 9 heteroatoms. The van der Waals surface area contributed by atoms with Crippen molar-refractivity contribution in [3.8, 4) is 0 Å². The molecule has 0 amide bonds. The van der Waals surface area contributed by atoms with E-state index < -0.39 is 47.3 Å². The van der Waals surface area contributed by atoms with Crippen LogP contribution in [0.15, 0.2) is 30.3 Å². The van der Waals surface area contributed by atoms with Crippen molar-refractivity contribution >= 4 is 39.5 Å². The number of carbonyl (C=O) groups is 3. The van der Waals surface area contributed by atoms with Gasteiger partial charge in [0.05, 0.1) is 0 Å². The van der Waals surface area contributed by atoms with Crippen molar-refractivity contribution in [1.82, 2.24) is 0 Å². The van der Waals surface area contributed by atoms with Crippen LogP contribution in [0, 0.1) is 0 Å². The zero-order valence-electron chi connectivity index (χ0n) is 15.2. The molecule has 2 rings (SSSR count). The first kappa shape index (κ1) is 21.2. The lowest BCUT2D eigenvalue weighted by molar-refractivity contribution is -0.206. The molecule has 0 aliphatic carbocycles. The first-order valence-electron chi connectivity index (χ1n) is 8.37. The maximum absolute atomic E-state index is 11.7. The molecule has 0 aromatic heterocycles. The molecular formula is C18H22BrNO7. The Balaban J connectivity index is 2.30. The van der Waals surface area contributed by atoms with Crippen LogP contribution in [0.1, 0.15) is 20.8 Å². The highest BCUT2D eigenvalue weighted by Gasteiger charge is 2.49. The van der Waals surface area contributed by atoms with Gasteiger partial charge in [0.15, 0.2) is 12.2 Å². The average molecular weight is 444 g/mol. The SMILES string of the molecule is CC(=O)OC[C@H]1O[C@H](Br)[C@@H](Nc2ccccc2)[C@@H](OC(C)=O)[C@@H]1OC(C)=O. The van der Waals surface area contributed by atoms with E-state index in [1.54, 1.807) is 0 Å². The predicted octanol–water partition coefficient (Wildman–Crippen LogP) is 2.01. The van der Waals surface area contributed by atoms with Crippen LogP contribution in [0.3, 0.4) is 0 Å². The van der Waals surface area contributed by atoms with Crippen LogP contribution in [0.25, 0.3) is 0 Å². The Bertz CT molecular complexity index is 669. The summed E-state index contributed by atoms with van der Waals surface area (Å²) in [6.45, 7) is 3.63. The van der Waals surface area contributed by atoms with Crippen molar-refractivity contribution < 1.29 is 33.3 Å². The van der Waals surface area contributed by atoms with Crippen molar-refractivity contribution in [3.63, 3.8) is 0 Å². The van der Waals surface area contributed by atoms with E-state index in [-0.39, 0.29) is 6.61 Å². The van der Waals surface area contributed by atoms with Crippen LogP contribution in [-0.2, 0) is 33.3 Å². The summed E-state index contributed by atoms with van der Waals surface area (Å²) in [7, 11) is 0. The van der Waals surface area contributed by atoms with E-state index in [9.17, 15) is 14.4 Å². The number of rotatable bonds is 6. The number of nitrogens with one attached hydrogen (secondary N) is 1. The Morgan fingerprint density at radius 1 is 1.00 bits per heavy atom. The number of para-hydroxylation sites is 1. The second kappa shape index (κ2) is 9.70. The van der Waals surface area contributed by atoms with Gasteiger partial charge < -0.3 is 24.3 Å². The van der Waals surface area contributed by atoms with E-state index in [4.69, 9.17) is 18.9 Å². The molecule has 1 aliphatic rings. The first-order chi connectivity index (χ1) is 12.8. The van der Waals surface area contributed by atoms with Gasteiger partial charge in [0.1, 0.15) is 23.8 Å². The number of anilines is 1. The lowest BCUT2D eigenvalue weighted by Gasteiger charge is -2.44. The Kier molecular flexibility index (Phi) is 7.61. The Morgan fingerprint density at radius 3 is 2.15 bits per heavy atom. The highest BCUT2D eigenvalue weighted by Crippen LogP contribution is 2.31. The second-order valence-electron chi connectivity index (χ2n) is 6.01. The standard InChI is InChI=1S/C18H22BrNO7/c1-10(21)24-9-14-16(25-11(2)22)17(26-12(3)23)15(18(19)27-14)20-13-7-5-4-6-8-13/h4-8,14-18,20H,9H2,1-3H3/t14-,15+,16-,17-,18+/m1/s1. The highest BCUT2D eigenvalue weighted by molar-refractivity contribution is 9.09. The van der Waals surface area contributed by atoms with Gasteiger partial charge in [-0.25, -0.2) is 0 Å². The molecule has 0 bridgehead atoms. The van der Waals surface area contributed by atoms with E-state index in [1.807, 2.05) is 30.3 Å². The van der Waals surface area contributed by atoms with Crippen molar-refractivity contribution in [1.29, 1.82) is 0 Å². The van der Waals surface area contributed by atoms with Crippen LogP contribution in [-0.4, -0.2) is 53.9 Å². The molecule has 0 saturated carbocycles. The summed E-state index contributed by atoms with van der Waals surface area (Å²) in [5.74, 6) is -1.61. The molecule has 1 heterocycles. The maximum atomic E-state index is 11.7. The van der Waals surface area contributed by atoms with Crippen LogP contribution < -0.4 is 5.32 Å². The minimum absolute atomic E-state index is 0.148. The summed E-state index contributed by atoms with van der Waals surface area (Å²) < 4.78 is 21.7. The molecule has 1 N–H and O–H groups in total. The summed E-state index contributed by atoms with van der Waals surface area (Å²) >= 11 is 3.43. The van der Waals surface area contributed by atoms with Crippen molar-refractivity contribution in [2.75, 3.05) is 11.9 Å². The summed E-state index contributed by atoms with van der Waals surface area (Å²) in [5.41, 5.74) is 0.771. The number of benzene rings is 1. The van der Waals surface area contributed by atoms with Crippen molar-refractivity contribution in [3.05, 3.63) is 30.3 Å². The van der Waals surface area contributed by atoms with E-state index in [0.717, 1.165) is 5.69 Å². The number of ether oxygens (including phenoxy) is 4. The van der Waals surface area contributed by atoms with Crippen LogP contribution in [0.4, 0.5) is 5.69 Å². The van der Waals surface area contributed by atoms with E-state index in [1.165, 1.54) is 20.8 Å². The zero-order valence-corrected chi connectivity index (χ0v) is 16.8. The minimum Gasteiger partial charge on any atom is -0.463 e. The van der Waals surface area contributed by atoms with E-state index >= 15 is 0 Å². The third-order valence-electron chi connectivity index (χ3n) is 3.79. The zero-order chi connectivity index (χ0) is 20.0. The quantitative estimate of drug-likeness (QED) is 0.404. The van der Waals surface area contributed by atoms with Crippen molar-refractivity contribution in [2.45, 2.75) is 50.1 Å². The first-order valence-corrected chi connectivity index (χ1v) is 9.28. The summed E-state index contributed by atoms with van der Waals surface area (Å²) in [6, 6.07) is 8.70. The lowest BCUT2D eigenvalue weighted by atomic mass is 9.97. The molecule has 0 unspecified atom stereocenters. The average Bonchev–Trinajstić information content (AvgIpc) is 2.59. The number of halogens is 1. The largest absolute Gasteiger partial charge is 0.463 e. The van der Waals surface area contributed by atoms with Gasteiger partial charge in [-0.05, 0) is 12.1 Å². The molecular weight excluding hydrogens is 422 g/mol. The molecule has 1 aromatic carbocycles. The number of esters is 3. The molecule has 0 spiro atoms. The number of hydrogen-bond acceptors (Lipinski definition) is 8. The number of carbonyl (C=O) groups excluding carboxylic acids is 3. The molecule has 1 aliphatic heterocycles. The Labute approximate surface area is 165 Å². The van der Waals surface area contributed by atoms with Gasteiger partial charge in [-0.2, -0.15) is 0 Å². The van der Waals surface area contributed by atoms with Gasteiger partial charge in [-0.3, -0.25) is 14.4 Å². The van der Waals surface area contributed by atoms with Crippen LogP contribution in [0.5, 0.6) is 0 Å². The van der Waals surface area contributed by atoms with Crippen molar-refractivity contribution in [2.24, 2.45) is 0 Å². The fourth-order valence-corrected chi connectivity index (χ4v) is 3.48. The molecule has 1 aromatic rings. The summed E-state index contributed by atoms with van der Waals surface area (Å²) in [6.07, 6.45) is -2.63. The van der Waals surface area contributed by atoms with E-state index in [0.29, 0.717) is 0 Å². The topological polar surface area (TPSA) is 100 Å². The van der Waals surface area contributed by atoms with Gasteiger partial charge in [-0.15, -0.1) is 0 Å². The van der Waals surface area contributed by atoms with Gasteiger partial charge in [-0.1, -0.05) is 34.1 Å². The minimum atomic E-state index is -0.958. The molecule has 0 radical (unpaired) electrons. The normalized spacial score (nSPS) is 27.3. The lowest BCUT2D eigenvalue weighted by Crippen LogP contribution is -2.62. The highest BCUT2D eigenvalue weighted by atomic mass is 79.9. The fourth-order valence-electron chi connectivity index (χ4n) is 2.77. The monoisotopic (exact) mass is 443 g/mol. The molecule has 1 saturated heterocycles. The number of hydrogen-bond donors (Lipinski definition) is 1. The number of alkyl halides is 1. The second-order valence-corrected chi connectivity index (χ2v) is 6.92. The molecule has 148 valence electrons.